The van der Waals surface area contributed by atoms with E-state index in [1.54, 1.807) is 18.2 Å². The number of likely N-dealkylation sites (tertiary alicyclic amines) is 1. The molecule has 2 fully saturated rings. The van der Waals surface area contributed by atoms with E-state index in [-0.39, 0.29) is 29.7 Å². The highest BCUT2D eigenvalue weighted by molar-refractivity contribution is 7.91. The Labute approximate surface area is 240 Å². The summed E-state index contributed by atoms with van der Waals surface area (Å²) >= 11 is 0. The Balaban J connectivity index is 1.14. The maximum absolute atomic E-state index is 12.9. The van der Waals surface area contributed by atoms with Gasteiger partial charge in [0.05, 0.1) is 17.9 Å². The highest BCUT2D eigenvalue weighted by Crippen LogP contribution is 2.20. The second-order valence-corrected chi connectivity index (χ2v) is 13.3. The lowest BCUT2D eigenvalue weighted by molar-refractivity contribution is -0.132. The van der Waals surface area contributed by atoms with Gasteiger partial charge in [0.1, 0.15) is 5.82 Å². The van der Waals surface area contributed by atoms with E-state index in [9.17, 15) is 18.0 Å². The molecule has 3 heterocycles. The summed E-state index contributed by atoms with van der Waals surface area (Å²) < 4.78 is 23.4. The topological polar surface area (TPSA) is 132 Å². The SMILES string of the molecule is CN(C)C1CCN(C(=O)Cc2nc(-c3ccc(NC(=O)c4cccc(CN5CCS(=O)(=O)CC5)c4)cc3)n[nH]2)CC1. The third-order valence-electron chi connectivity index (χ3n) is 7.83. The number of carbonyl (C=O) groups is 2. The molecule has 2 N–H and O–H groups in total. The lowest BCUT2D eigenvalue weighted by atomic mass is 10.0. The number of H-pyrrole nitrogens is 1. The number of carbonyl (C=O) groups excluding carboxylic acids is 2. The maximum atomic E-state index is 12.9. The highest BCUT2D eigenvalue weighted by Gasteiger charge is 2.25. The molecule has 11 nitrogen and oxygen atoms in total. The Bertz CT molecular complexity index is 1460. The van der Waals surface area contributed by atoms with Crippen LogP contribution in [0.5, 0.6) is 0 Å². The zero-order valence-corrected chi connectivity index (χ0v) is 24.4. The smallest absolute Gasteiger partial charge is 0.255 e. The van der Waals surface area contributed by atoms with Crippen molar-refractivity contribution in [3.8, 4) is 11.4 Å². The molecule has 1 aromatic heterocycles. The van der Waals surface area contributed by atoms with Gasteiger partial charge in [-0.2, -0.15) is 5.10 Å². The molecule has 12 heteroatoms. The van der Waals surface area contributed by atoms with Gasteiger partial charge in [0.25, 0.3) is 5.91 Å². The molecule has 5 rings (SSSR count). The number of anilines is 1. The lowest BCUT2D eigenvalue weighted by Gasteiger charge is -2.35. The van der Waals surface area contributed by atoms with Gasteiger partial charge in [0, 0.05) is 55.6 Å². The van der Waals surface area contributed by atoms with E-state index in [0.717, 1.165) is 37.1 Å². The number of hydrogen-bond donors (Lipinski definition) is 2. The van der Waals surface area contributed by atoms with Crippen molar-refractivity contribution in [3.63, 3.8) is 0 Å². The van der Waals surface area contributed by atoms with Crippen LogP contribution in [0.2, 0.25) is 0 Å². The number of nitrogens with zero attached hydrogens (tertiary/aromatic N) is 5. The maximum Gasteiger partial charge on any atom is 0.255 e. The monoisotopic (exact) mass is 579 g/mol. The molecule has 0 radical (unpaired) electrons. The molecule has 0 atom stereocenters. The molecule has 3 aromatic rings. The van der Waals surface area contributed by atoms with Crippen molar-refractivity contribution in [2.45, 2.75) is 31.8 Å². The zero-order valence-electron chi connectivity index (χ0n) is 23.5. The third kappa shape index (κ3) is 7.57. The van der Waals surface area contributed by atoms with Crippen LogP contribution in [0, 0.1) is 0 Å². The molecule has 0 saturated carbocycles. The van der Waals surface area contributed by atoms with Gasteiger partial charge < -0.3 is 15.1 Å². The summed E-state index contributed by atoms with van der Waals surface area (Å²) in [5, 5.41) is 10.1. The summed E-state index contributed by atoms with van der Waals surface area (Å²) in [5.41, 5.74) is 2.91. The zero-order chi connectivity index (χ0) is 29.0. The van der Waals surface area contributed by atoms with Crippen LogP contribution in [0.3, 0.4) is 0 Å². The number of aromatic nitrogens is 3. The van der Waals surface area contributed by atoms with Crippen LogP contribution in [0.4, 0.5) is 5.69 Å². The number of piperidine rings is 1. The van der Waals surface area contributed by atoms with Crippen LogP contribution < -0.4 is 5.32 Å². The minimum atomic E-state index is -2.93. The van der Waals surface area contributed by atoms with Crippen molar-refractivity contribution in [1.29, 1.82) is 0 Å². The molecule has 2 aliphatic rings. The van der Waals surface area contributed by atoms with Crippen LogP contribution >= 0.6 is 0 Å². The molecule has 2 aromatic carbocycles. The molecule has 2 aliphatic heterocycles. The number of nitrogens with one attached hydrogen (secondary N) is 2. The van der Waals surface area contributed by atoms with Crippen molar-refractivity contribution in [2.75, 3.05) is 57.1 Å². The summed E-state index contributed by atoms with van der Waals surface area (Å²) in [5.74, 6) is 1.20. The van der Waals surface area contributed by atoms with Gasteiger partial charge >= 0.3 is 0 Å². The van der Waals surface area contributed by atoms with E-state index in [1.165, 1.54) is 0 Å². The Hall–Kier alpha value is -3.61. The van der Waals surface area contributed by atoms with Gasteiger partial charge in [-0.25, -0.2) is 13.4 Å². The second-order valence-electron chi connectivity index (χ2n) is 11.0. The van der Waals surface area contributed by atoms with E-state index in [2.05, 4.69) is 44.4 Å². The first kappa shape index (κ1) is 28.9. The number of aromatic amines is 1. The molecule has 218 valence electrons. The quantitative estimate of drug-likeness (QED) is 0.415. The van der Waals surface area contributed by atoms with Gasteiger partial charge in [-0.3, -0.25) is 19.6 Å². The van der Waals surface area contributed by atoms with Gasteiger partial charge in [0.2, 0.25) is 5.91 Å². The number of rotatable bonds is 8. The summed E-state index contributed by atoms with van der Waals surface area (Å²) in [7, 11) is 1.23. The van der Waals surface area contributed by atoms with E-state index < -0.39 is 9.84 Å². The predicted octanol–water partition coefficient (Wildman–Crippen LogP) is 2.05. The number of sulfone groups is 1. The van der Waals surface area contributed by atoms with E-state index >= 15 is 0 Å². The standard InChI is InChI=1S/C29H37N7O4S/c1-34(2)25-10-12-36(13-11-25)27(37)19-26-31-28(33-32-26)22-6-8-24(9-7-22)30-29(38)23-5-3-4-21(18-23)20-35-14-16-41(39,40)17-15-35/h3-9,18,25H,10-17,19-20H2,1-2H3,(H,30,38)(H,31,32,33). The molecule has 41 heavy (non-hydrogen) atoms. The van der Waals surface area contributed by atoms with E-state index in [0.29, 0.717) is 48.6 Å². The molecule has 2 saturated heterocycles. The minimum absolute atomic E-state index is 0.0518. The average molecular weight is 580 g/mol. The fourth-order valence-corrected chi connectivity index (χ4v) is 6.55. The molecular formula is C29H37N7O4S. The van der Waals surface area contributed by atoms with E-state index in [1.807, 2.05) is 35.2 Å². The van der Waals surface area contributed by atoms with Gasteiger partial charge in [-0.05, 0) is 68.9 Å². The van der Waals surface area contributed by atoms with Crippen molar-refractivity contribution in [3.05, 3.63) is 65.5 Å². The Morgan fingerprint density at radius 3 is 2.41 bits per heavy atom. The Morgan fingerprint density at radius 1 is 1.02 bits per heavy atom. The van der Waals surface area contributed by atoms with E-state index in [4.69, 9.17) is 0 Å². The minimum Gasteiger partial charge on any atom is -0.342 e. The first-order chi connectivity index (χ1) is 19.6. The molecule has 0 spiro atoms. The first-order valence-electron chi connectivity index (χ1n) is 13.9. The second kappa shape index (κ2) is 12.5. The predicted molar refractivity (Wildman–Crippen MR) is 157 cm³/mol. The fraction of sp³-hybridized carbons (Fsp3) is 0.448. The average Bonchev–Trinajstić information content (AvgIpc) is 3.43. The number of hydrogen-bond acceptors (Lipinski definition) is 8. The Kier molecular flexibility index (Phi) is 8.81. The summed E-state index contributed by atoms with van der Waals surface area (Å²) in [6, 6.07) is 15.1. The van der Waals surface area contributed by atoms with Crippen LogP contribution in [-0.2, 0) is 27.6 Å². The van der Waals surface area contributed by atoms with Gasteiger partial charge in [0.15, 0.2) is 15.7 Å². The summed E-state index contributed by atoms with van der Waals surface area (Å²) in [6.45, 7) is 3.12. The molecule has 2 amide bonds. The van der Waals surface area contributed by atoms with Crippen molar-refractivity contribution in [2.24, 2.45) is 0 Å². The largest absolute Gasteiger partial charge is 0.342 e. The van der Waals surface area contributed by atoms with Crippen LogP contribution in [0.15, 0.2) is 48.5 Å². The van der Waals surface area contributed by atoms with Crippen molar-refractivity contribution < 1.29 is 18.0 Å². The Morgan fingerprint density at radius 2 is 1.73 bits per heavy atom. The van der Waals surface area contributed by atoms with Gasteiger partial charge in [-0.1, -0.05) is 12.1 Å². The molecule has 0 unspecified atom stereocenters. The first-order valence-corrected chi connectivity index (χ1v) is 15.8. The molecular weight excluding hydrogens is 542 g/mol. The lowest BCUT2D eigenvalue weighted by Crippen LogP contribution is -2.45. The van der Waals surface area contributed by atoms with Crippen LogP contribution in [-0.4, -0.2) is 108 Å². The summed E-state index contributed by atoms with van der Waals surface area (Å²) in [6.07, 6.45) is 2.13. The molecule has 0 aliphatic carbocycles. The van der Waals surface area contributed by atoms with Crippen LogP contribution in [0.25, 0.3) is 11.4 Å². The van der Waals surface area contributed by atoms with Gasteiger partial charge in [-0.15, -0.1) is 0 Å². The van der Waals surface area contributed by atoms with Crippen molar-refractivity contribution in [1.82, 2.24) is 29.9 Å². The molecule has 0 bridgehead atoms. The summed E-state index contributed by atoms with van der Waals surface area (Å²) in [4.78, 5) is 36.4. The van der Waals surface area contributed by atoms with Crippen molar-refractivity contribution >= 4 is 27.3 Å². The highest BCUT2D eigenvalue weighted by atomic mass is 32.2. The number of amides is 2. The number of benzene rings is 2. The fourth-order valence-electron chi connectivity index (χ4n) is 5.27. The third-order valence-corrected chi connectivity index (χ3v) is 9.44. The van der Waals surface area contributed by atoms with Crippen LogP contribution in [0.1, 0.15) is 34.6 Å². The normalized spacial score (nSPS) is 18.0.